The Labute approximate surface area is 87.7 Å². The van der Waals surface area contributed by atoms with Crippen molar-refractivity contribution < 1.29 is 0 Å². The van der Waals surface area contributed by atoms with Gasteiger partial charge in [-0.1, -0.05) is 42.5 Å². The maximum Gasteiger partial charge on any atom is -0.00979 e. The van der Waals surface area contributed by atoms with E-state index in [4.69, 9.17) is 0 Å². The maximum absolute atomic E-state index is 3.28. The highest BCUT2D eigenvalue weighted by atomic mass is 13.9. The highest BCUT2D eigenvalue weighted by Crippen LogP contribution is 2.01. The van der Waals surface area contributed by atoms with Crippen LogP contribution in [0.15, 0.2) is 42.5 Å². The van der Waals surface area contributed by atoms with Gasteiger partial charge in [0.05, 0.1) is 0 Å². The third-order valence-corrected chi connectivity index (χ3v) is 2.15. The van der Waals surface area contributed by atoms with Gasteiger partial charge >= 0.3 is 0 Å². The van der Waals surface area contributed by atoms with Crippen LogP contribution in [-0.4, -0.2) is 0 Å². The molecule has 14 heavy (non-hydrogen) atoms. The Hall–Kier alpha value is -1.04. The highest BCUT2D eigenvalue weighted by Gasteiger charge is 1.81. The second-order valence-corrected chi connectivity index (χ2v) is 3.45. The Balaban J connectivity index is 2.34. The molecule has 1 aliphatic carbocycles. The molecular weight excluding hydrogens is 168 g/mol. The first-order chi connectivity index (χ1) is 7.00. The first kappa shape index (κ1) is 11.0. The Morgan fingerprint density at radius 1 is 0.714 bits per heavy atom. The van der Waals surface area contributed by atoms with E-state index in [1.165, 1.54) is 19.3 Å². The standard InChI is InChI=1S/C14H19/c1-2-4-6-8-10-12-14-13-11-9-7-5-3-1/h1-4,9,12,14H,5-8,10,13H2. The summed E-state index contributed by atoms with van der Waals surface area (Å²) in [6, 6.07) is 0. The van der Waals surface area contributed by atoms with Gasteiger partial charge in [-0.2, -0.15) is 0 Å². The summed E-state index contributed by atoms with van der Waals surface area (Å²) in [6.07, 6.45) is 25.5. The van der Waals surface area contributed by atoms with Gasteiger partial charge in [0.25, 0.3) is 0 Å². The summed E-state index contributed by atoms with van der Waals surface area (Å²) >= 11 is 0. The average molecular weight is 187 g/mol. The molecule has 1 rings (SSSR count). The van der Waals surface area contributed by atoms with Gasteiger partial charge in [-0.3, -0.25) is 0 Å². The number of hydrogen-bond donors (Lipinski definition) is 0. The molecule has 0 aromatic rings. The van der Waals surface area contributed by atoms with Gasteiger partial charge in [0, 0.05) is 0 Å². The van der Waals surface area contributed by atoms with E-state index in [0.717, 1.165) is 19.3 Å². The molecule has 0 fully saturated rings. The first-order valence-electron chi connectivity index (χ1n) is 5.52. The molecule has 0 unspecified atom stereocenters. The zero-order valence-electron chi connectivity index (χ0n) is 8.78. The molecular formula is C14H19. The molecule has 0 amide bonds. The predicted octanol–water partition coefficient (Wildman–Crippen LogP) is 4.37. The molecule has 0 saturated heterocycles. The molecule has 0 N–H and O–H groups in total. The Morgan fingerprint density at radius 3 is 2.43 bits per heavy atom. The molecule has 0 aromatic carbocycles. The van der Waals surface area contributed by atoms with Crippen LogP contribution in [0, 0.1) is 6.08 Å². The summed E-state index contributed by atoms with van der Waals surface area (Å²) in [5.74, 6) is 0. The van der Waals surface area contributed by atoms with Crippen molar-refractivity contribution in [1.82, 2.24) is 0 Å². The minimum atomic E-state index is 0.972. The summed E-state index contributed by atoms with van der Waals surface area (Å²) in [6.45, 7) is 0. The van der Waals surface area contributed by atoms with E-state index in [0.29, 0.717) is 0 Å². The van der Waals surface area contributed by atoms with Crippen molar-refractivity contribution in [3.05, 3.63) is 48.6 Å². The Bertz CT molecular complexity index is 228. The number of hydrogen-bond acceptors (Lipinski definition) is 0. The molecule has 0 atom stereocenters. The molecule has 0 saturated carbocycles. The lowest BCUT2D eigenvalue weighted by molar-refractivity contribution is 0.865. The van der Waals surface area contributed by atoms with Crippen LogP contribution in [0.1, 0.15) is 38.5 Å². The molecule has 0 spiro atoms. The van der Waals surface area contributed by atoms with Crippen molar-refractivity contribution in [2.75, 3.05) is 0 Å². The molecule has 0 bridgehead atoms. The largest absolute Gasteiger partial charge is 0.0882 e. The molecule has 1 aliphatic rings. The van der Waals surface area contributed by atoms with Crippen molar-refractivity contribution in [2.45, 2.75) is 38.5 Å². The summed E-state index contributed by atoms with van der Waals surface area (Å²) in [5, 5.41) is 0. The van der Waals surface area contributed by atoms with E-state index in [-0.39, 0.29) is 0 Å². The van der Waals surface area contributed by atoms with Crippen molar-refractivity contribution in [2.24, 2.45) is 0 Å². The van der Waals surface area contributed by atoms with Crippen molar-refractivity contribution in [3.8, 4) is 0 Å². The monoisotopic (exact) mass is 187 g/mol. The SMILES string of the molecule is [C]1=CCCC=CC=CCCCC=CC1. The van der Waals surface area contributed by atoms with Gasteiger partial charge in [-0.15, -0.1) is 0 Å². The molecule has 0 nitrogen and oxygen atoms in total. The van der Waals surface area contributed by atoms with E-state index in [2.05, 4.69) is 48.6 Å². The van der Waals surface area contributed by atoms with Crippen LogP contribution in [0.25, 0.3) is 0 Å². The third-order valence-electron chi connectivity index (χ3n) is 2.15. The lowest BCUT2D eigenvalue weighted by atomic mass is 10.2. The van der Waals surface area contributed by atoms with Crippen LogP contribution in [0.3, 0.4) is 0 Å². The number of rotatable bonds is 0. The van der Waals surface area contributed by atoms with Crippen LogP contribution in [0.4, 0.5) is 0 Å². The Kier molecular flexibility index (Phi) is 6.74. The molecule has 75 valence electrons. The van der Waals surface area contributed by atoms with Gasteiger partial charge in [-0.05, 0) is 44.6 Å². The van der Waals surface area contributed by atoms with Gasteiger partial charge in [0.2, 0.25) is 0 Å². The molecule has 0 heteroatoms. The van der Waals surface area contributed by atoms with Crippen molar-refractivity contribution >= 4 is 0 Å². The van der Waals surface area contributed by atoms with Gasteiger partial charge in [0.1, 0.15) is 0 Å². The van der Waals surface area contributed by atoms with Gasteiger partial charge in [-0.25, -0.2) is 0 Å². The fraction of sp³-hybridized carbons (Fsp3) is 0.429. The van der Waals surface area contributed by atoms with Crippen LogP contribution in [0.5, 0.6) is 0 Å². The van der Waals surface area contributed by atoms with Crippen LogP contribution < -0.4 is 0 Å². The molecule has 1 radical (unpaired) electrons. The van der Waals surface area contributed by atoms with E-state index in [1.54, 1.807) is 0 Å². The lowest BCUT2D eigenvalue weighted by Gasteiger charge is -1.91. The minimum Gasteiger partial charge on any atom is -0.0882 e. The van der Waals surface area contributed by atoms with Crippen molar-refractivity contribution in [3.63, 3.8) is 0 Å². The fourth-order valence-electron chi connectivity index (χ4n) is 1.34. The zero-order chi connectivity index (χ0) is 9.90. The average Bonchev–Trinajstić information content (AvgIpc) is 2.22. The topological polar surface area (TPSA) is 0 Å². The second-order valence-electron chi connectivity index (χ2n) is 3.45. The van der Waals surface area contributed by atoms with Crippen LogP contribution in [0.2, 0.25) is 0 Å². The quantitative estimate of drug-likeness (QED) is 0.494. The van der Waals surface area contributed by atoms with E-state index < -0.39 is 0 Å². The van der Waals surface area contributed by atoms with E-state index in [1.807, 2.05) is 0 Å². The van der Waals surface area contributed by atoms with Crippen LogP contribution in [-0.2, 0) is 0 Å². The molecule has 0 aliphatic heterocycles. The number of allylic oxidation sites excluding steroid dienone is 8. The predicted molar refractivity (Wildman–Crippen MR) is 62.9 cm³/mol. The van der Waals surface area contributed by atoms with Gasteiger partial charge < -0.3 is 0 Å². The maximum atomic E-state index is 3.28. The Morgan fingerprint density at radius 2 is 1.50 bits per heavy atom. The summed E-state index contributed by atoms with van der Waals surface area (Å²) in [4.78, 5) is 0. The summed E-state index contributed by atoms with van der Waals surface area (Å²) in [5.41, 5.74) is 0. The van der Waals surface area contributed by atoms with Crippen LogP contribution >= 0.6 is 0 Å². The molecule has 0 aromatic heterocycles. The van der Waals surface area contributed by atoms with Crippen molar-refractivity contribution in [1.29, 1.82) is 0 Å². The highest BCUT2D eigenvalue weighted by molar-refractivity contribution is 5.03. The normalized spacial score (nSPS) is 19.4. The van der Waals surface area contributed by atoms with E-state index in [9.17, 15) is 0 Å². The summed E-state index contributed by atoms with van der Waals surface area (Å²) in [7, 11) is 0. The molecule has 0 heterocycles. The first-order valence-corrected chi connectivity index (χ1v) is 5.52. The minimum absolute atomic E-state index is 0.972. The fourth-order valence-corrected chi connectivity index (χ4v) is 1.34. The summed E-state index contributed by atoms with van der Waals surface area (Å²) < 4.78 is 0. The second kappa shape index (κ2) is 8.55. The zero-order valence-corrected chi connectivity index (χ0v) is 8.78. The lowest BCUT2D eigenvalue weighted by Crippen LogP contribution is -1.71. The van der Waals surface area contributed by atoms with E-state index >= 15 is 0 Å². The third kappa shape index (κ3) is 6.47. The smallest absolute Gasteiger partial charge is 0.00979 e. The van der Waals surface area contributed by atoms with Gasteiger partial charge in [0.15, 0.2) is 0 Å².